The van der Waals surface area contributed by atoms with E-state index >= 15 is 0 Å². The van der Waals surface area contributed by atoms with E-state index in [1.165, 1.54) is 53.9 Å². The highest BCUT2D eigenvalue weighted by Gasteiger charge is 2.31. The van der Waals surface area contributed by atoms with Gasteiger partial charge in [-0.25, -0.2) is 13.2 Å². The van der Waals surface area contributed by atoms with Crippen molar-refractivity contribution in [1.82, 2.24) is 9.21 Å². The predicted octanol–water partition coefficient (Wildman–Crippen LogP) is 3.44. The molecule has 11 heteroatoms. The fourth-order valence-electron chi connectivity index (χ4n) is 4.86. The Bertz CT molecular complexity index is 1530. The fourth-order valence-corrected chi connectivity index (χ4v) is 7.52. The lowest BCUT2D eigenvalue weighted by Gasteiger charge is -2.28. The molecule has 0 atom stereocenters. The molecule has 1 aromatic heterocycles. The van der Waals surface area contributed by atoms with Crippen LogP contribution in [0.2, 0.25) is 0 Å². The van der Waals surface area contributed by atoms with Gasteiger partial charge in [0.25, 0.3) is 5.91 Å². The Kier molecular flexibility index (Phi) is 7.08. The largest absolute Gasteiger partial charge is 0.465 e. The van der Waals surface area contributed by atoms with E-state index < -0.39 is 21.9 Å². The highest BCUT2D eigenvalue weighted by Crippen LogP contribution is 2.38. The van der Waals surface area contributed by atoms with E-state index in [9.17, 15) is 22.8 Å². The number of benzene rings is 2. The van der Waals surface area contributed by atoms with E-state index in [0.29, 0.717) is 49.6 Å². The third-order valence-electron chi connectivity index (χ3n) is 6.97. The van der Waals surface area contributed by atoms with Gasteiger partial charge in [0, 0.05) is 37.0 Å². The predicted molar refractivity (Wildman–Crippen MR) is 143 cm³/mol. The number of nitrogens with one attached hydrogen (secondary N) is 1. The molecule has 38 heavy (non-hydrogen) atoms. The highest BCUT2D eigenvalue weighted by molar-refractivity contribution is 7.89. The molecule has 3 aromatic rings. The summed E-state index contributed by atoms with van der Waals surface area (Å²) in [6.07, 6.45) is 1.13. The summed E-state index contributed by atoms with van der Waals surface area (Å²) in [4.78, 5) is 40.1. The van der Waals surface area contributed by atoms with E-state index in [1.807, 2.05) is 24.3 Å². The summed E-state index contributed by atoms with van der Waals surface area (Å²) in [7, 11) is -2.45. The number of hydrogen-bond donors (Lipinski definition) is 1. The molecule has 3 heterocycles. The van der Waals surface area contributed by atoms with Gasteiger partial charge in [-0.2, -0.15) is 4.31 Å². The molecule has 0 fully saturated rings. The Labute approximate surface area is 225 Å². The number of hydrogen-bond acceptors (Lipinski definition) is 7. The van der Waals surface area contributed by atoms with Crippen LogP contribution in [-0.4, -0.2) is 55.6 Å². The molecule has 0 saturated carbocycles. The second kappa shape index (κ2) is 10.3. The van der Waals surface area contributed by atoms with Crippen LogP contribution >= 0.6 is 11.3 Å². The van der Waals surface area contributed by atoms with Crippen molar-refractivity contribution in [3.8, 4) is 0 Å². The maximum Gasteiger partial charge on any atom is 0.341 e. The zero-order chi connectivity index (χ0) is 27.0. The van der Waals surface area contributed by atoms with Crippen molar-refractivity contribution in [3.63, 3.8) is 0 Å². The average molecular weight is 554 g/mol. The highest BCUT2D eigenvalue weighted by atomic mass is 32.2. The van der Waals surface area contributed by atoms with Crippen LogP contribution in [0.5, 0.6) is 0 Å². The van der Waals surface area contributed by atoms with Crippen molar-refractivity contribution in [3.05, 3.63) is 81.2 Å². The maximum absolute atomic E-state index is 13.3. The molecule has 2 amide bonds. The van der Waals surface area contributed by atoms with Crippen LogP contribution in [0.15, 0.2) is 53.4 Å². The van der Waals surface area contributed by atoms with Crippen LogP contribution in [0.25, 0.3) is 0 Å². The van der Waals surface area contributed by atoms with Crippen molar-refractivity contribution in [2.75, 3.05) is 25.5 Å². The number of rotatable bonds is 5. The van der Waals surface area contributed by atoms with E-state index in [-0.39, 0.29) is 16.4 Å². The van der Waals surface area contributed by atoms with Crippen LogP contribution in [0.4, 0.5) is 5.00 Å². The maximum atomic E-state index is 13.3. The van der Waals surface area contributed by atoms with E-state index in [4.69, 9.17) is 4.74 Å². The lowest BCUT2D eigenvalue weighted by Crippen LogP contribution is -2.35. The molecule has 0 spiro atoms. The monoisotopic (exact) mass is 553 g/mol. The quantitative estimate of drug-likeness (QED) is 0.485. The number of fused-ring (bicyclic) bond motifs is 2. The van der Waals surface area contributed by atoms with Crippen LogP contribution in [0.1, 0.15) is 49.2 Å². The first-order valence-corrected chi connectivity index (χ1v) is 14.4. The molecule has 0 radical (unpaired) electrons. The molecule has 0 bridgehead atoms. The van der Waals surface area contributed by atoms with Crippen molar-refractivity contribution < 1.29 is 27.5 Å². The van der Waals surface area contributed by atoms with Gasteiger partial charge < -0.3 is 15.0 Å². The van der Waals surface area contributed by atoms with Crippen LogP contribution in [0.3, 0.4) is 0 Å². The number of sulfonamides is 1. The zero-order valence-corrected chi connectivity index (χ0v) is 22.7. The van der Waals surface area contributed by atoms with Gasteiger partial charge in [-0.1, -0.05) is 24.3 Å². The Morgan fingerprint density at radius 3 is 2.34 bits per heavy atom. The second-order valence-corrected chi connectivity index (χ2v) is 12.3. The number of carbonyl (C=O) groups is 3. The Hall–Kier alpha value is -3.54. The van der Waals surface area contributed by atoms with Crippen LogP contribution in [-0.2, 0) is 45.5 Å². The smallest absolute Gasteiger partial charge is 0.341 e. The van der Waals surface area contributed by atoms with Crippen LogP contribution in [0, 0.1) is 0 Å². The minimum Gasteiger partial charge on any atom is -0.465 e. The first kappa shape index (κ1) is 26.1. The molecule has 0 aliphatic carbocycles. The van der Waals surface area contributed by atoms with Crippen molar-refractivity contribution >= 4 is 44.1 Å². The van der Waals surface area contributed by atoms with Gasteiger partial charge in [0.2, 0.25) is 15.9 Å². The standard InChI is InChI=1S/C27H27N3O6S2/c1-17(31)29-13-12-22-23(16-29)37-26(24(22)27(33)36-2)28-25(32)19-7-9-21(10-8-19)38(34,35)30-14-11-18-5-3-4-6-20(18)15-30/h3-10H,11-16H2,1-2H3,(H,28,32). The van der Waals surface area contributed by atoms with Gasteiger partial charge in [-0.3, -0.25) is 9.59 Å². The van der Waals surface area contributed by atoms with E-state index in [0.717, 1.165) is 21.6 Å². The van der Waals surface area contributed by atoms with Gasteiger partial charge in [-0.15, -0.1) is 11.3 Å². The first-order chi connectivity index (χ1) is 18.2. The first-order valence-electron chi connectivity index (χ1n) is 12.2. The Balaban J connectivity index is 1.35. The van der Waals surface area contributed by atoms with Gasteiger partial charge in [-0.05, 0) is 53.8 Å². The van der Waals surface area contributed by atoms with Gasteiger partial charge >= 0.3 is 5.97 Å². The van der Waals surface area contributed by atoms with Crippen molar-refractivity contribution in [1.29, 1.82) is 0 Å². The molecule has 2 aliphatic rings. The molecule has 0 unspecified atom stereocenters. The number of methoxy groups -OCH3 is 1. The number of amides is 2. The molecule has 198 valence electrons. The SMILES string of the molecule is COC(=O)c1c(NC(=O)c2ccc(S(=O)(=O)N3CCc4ccccc4C3)cc2)sc2c1CCN(C(C)=O)C2. The normalized spacial score (nSPS) is 15.4. The molecule has 1 N–H and O–H groups in total. The molecule has 0 saturated heterocycles. The molecular weight excluding hydrogens is 526 g/mol. The third-order valence-corrected chi connectivity index (χ3v) is 9.96. The number of carbonyl (C=O) groups excluding carboxylic acids is 3. The Morgan fingerprint density at radius 2 is 1.66 bits per heavy atom. The molecule has 2 aliphatic heterocycles. The number of ether oxygens (including phenoxy) is 1. The summed E-state index contributed by atoms with van der Waals surface area (Å²) < 4.78 is 32.9. The number of thiophene rings is 1. The summed E-state index contributed by atoms with van der Waals surface area (Å²) in [5.41, 5.74) is 3.47. The van der Waals surface area contributed by atoms with Crippen molar-refractivity contribution in [2.45, 2.75) is 37.8 Å². The van der Waals surface area contributed by atoms with E-state index in [2.05, 4.69) is 5.32 Å². The minimum atomic E-state index is -3.73. The zero-order valence-electron chi connectivity index (χ0n) is 21.0. The minimum absolute atomic E-state index is 0.0574. The van der Waals surface area contributed by atoms with Gasteiger partial charge in [0.1, 0.15) is 5.00 Å². The van der Waals surface area contributed by atoms with Gasteiger partial charge in [0.15, 0.2) is 0 Å². The van der Waals surface area contributed by atoms with E-state index in [1.54, 1.807) is 4.90 Å². The summed E-state index contributed by atoms with van der Waals surface area (Å²) in [5, 5.41) is 3.14. The summed E-state index contributed by atoms with van der Waals surface area (Å²) >= 11 is 1.24. The number of nitrogens with zero attached hydrogens (tertiary/aromatic N) is 2. The lowest BCUT2D eigenvalue weighted by atomic mass is 10.0. The van der Waals surface area contributed by atoms with Crippen LogP contribution < -0.4 is 5.32 Å². The van der Waals surface area contributed by atoms with Crippen molar-refractivity contribution in [2.24, 2.45) is 0 Å². The fraction of sp³-hybridized carbons (Fsp3) is 0.296. The molecule has 2 aromatic carbocycles. The topological polar surface area (TPSA) is 113 Å². The summed E-state index contributed by atoms with van der Waals surface area (Å²) in [6, 6.07) is 13.6. The molecule has 5 rings (SSSR count). The molecule has 9 nitrogen and oxygen atoms in total. The summed E-state index contributed by atoms with van der Waals surface area (Å²) in [6.45, 7) is 3.04. The van der Waals surface area contributed by atoms with Gasteiger partial charge in [0.05, 0.1) is 24.1 Å². The number of esters is 1. The third kappa shape index (κ3) is 4.84. The molecular formula is C27H27N3O6S2. The Morgan fingerprint density at radius 1 is 0.947 bits per heavy atom. The average Bonchev–Trinajstić information content (AvgIpc) is 3.29. The number of anilines is 1. The second-order valence-electron chi connectivity index (χ2n) is 9.23. The lowest BCUT2D eigenvalue weighted by molar-refractivity contribution is -0.129. The summed E-state index contributed by atoms with van der Waals surface area (Å²) in [5.74, 6) is -1.09.